The third-order valence-electron chi connectivity index (χ3n) is 8.64. The van der Waals surface area contributed by atoms with Crippen LogP contribution in [0, 0.1) is 34.5 Å². The molecule has 3 fully saturated rings. The van der Waals surface area contributed by atoms with Crippen molar-refractivity contribution in [1.82, 2.24) is 10.3 Å². The summed E-state index contributed by atoms with van der Waals surface area (Å²) in [4.78, 5) is 0. The molecule has 23 heavy (non-hydrogen) atoms. The molecule has 0 radical (unpaired) electrons. The maximum atomic E-state index is 10.5. The van der Waals surface area contributed by atoms with Crippen LogP contribution in [0.5, 0.6) is 0 Å². The van der Waals surface area contributed by atoms with Crippen molar-refractivity contribution in [2.75, 3.05) is 0 Å². The Morgan fingerprint density at radius 2 is 1.74 bits per heavy atom. The largest absolute Gasteiger partial charge is 0.393 e. The van der Waals surface area contributed by atoms with Gasteiger partial charge in [0.2, 0.25) is 0 Å². The molecular weight excluding hydrogens is 288 g/mol. The van der Waals surface area contributed by atoms with Crippen molar-refractivity contribution in [3.05, 3.63) is 11.4 Å². The highest BCUT2D eigenvalue weighted by molar-refractivity contribution is 5.20. The number of aliphatic hydroxyl groups is 1. The molecule has 1 aromatic rings. The molecule has 4 aliphatic rings. The monoisotopic (exact) mass is 316 g/mol. The molecule has 7 atom stereocenters. The van der Waals surface area contributed by atoms with Crippen LogP contribution in [0.2, 0.25) is 0 Å². The van der Waals surface area contributed by atoms with Crippen molar-refractivity contribution >= 4 is 0 Å². The summed E-state index contributed by atoms with van der Waals surface area (Å²) in [6, 6.07) is 0. The van der Waals surface area contributed by atoms with Crippen molar-refractivity contribution in [3.8, 4) is 0 Å². The Kier molecular flexibility index (Phi) is 2.88. The normalized spacial score (nSPS) is 51.5. The zero-order chi connectivity index (χ0) is 15.8. The zero-order valence-corrected chi connectivity index (χ0v) is 14.3. The molecule has 0 bridgehead atoms. The molecule has 4 nitrogen and oxygen atoms in total. The highest BCUT2D eigenvalue weighted by atomic mass is 16.6. The fraction of sp³-hybridized carbons (Fsp3) is 0.895. The van der Waals surface area contributed by atoms with Crippen LogP contribution in [0.4, 0.5) is 0 Å². The first-order valence-electron chi connectivity index (χ1n) is 9.51. The molecule has 5 rings (SSSR count). The molecule has 4 heteroatoms. The first-order valence-corrected chi connectivity index (χ1v) is 9.51. The quantitative estimate of drug-likeness (QED) is 0.797. The standard InChI is InChI=1S/C19H28N2O2/c1-18-8-7-14-12(13(18)5-6-17(18)22)4-3-11-9-15-16(21-23-20-15)10-19(11,14)2/h11-14,17,22H,3-10H2,1-2H3. The van der Waals surface area contributed by atoms with Crippen LogP contribution in [0.3, 0.4) is 0 Å². The smallest absolute Gasteiger partial charge is 0.108 e. The third kappa shape index (κ3) is 1.76. The molecule has 7 unspecified atom stereocenters. The molecule has 0 spiro atoms. The molecule has 0 aromatic carbocycles. The first kappa shape index (κ1) is 14.4. The van der Waals surface area contributed by atoms with Crippen molar-refractivity contribution < 1.29 is 9.74 Å². The van der Waals surface area contributed by atoms with Crippen LogP contribution in [0.1, 0.15) is 63.8 Å². The van der Waals surface area contributed by atoms with E-state index in [-0.39, 0.29) is 11.5 Å². The minimum atomic E-state index is -0.0725. The lowest BCUT2D eigenvalue weighted by Crippen LogP contribution is -2.54. The molecule has 0 amide bonds. The van der Waals surface area contributed by atoms with Crippen LogP contribution in [0.15, 0.2) is 4.63 Å². The highest BCUT2D eigenvalue weighted by Gasteiger charge is 2.60. The van der Waals surface area contributed by atoms with Gasteiger partial charge in [0.05, 0.1) is 6.10 Å². The Morgan fingerprint density at radius 1 is 0.957 bits per heavy atom. The average Bonchev–Trinajstić information content (AvgIpc) is 3.08. The summed E-state index contributed by atoms with van der Waals surface area (Å²) in [5.41, 5.74) is 2.76. The fourth-order valence-electron chi connectivity index (χ4n) is 7.23. The minimum absolute atomic E-state index is 0.0725. The maximum absolute atomic E-state index is 10.5. The van der Waals surface area contributed by atoms with E-state index in [1.807, 2.05) is 0 Å². The number of nitrogens with zero attached hydrogens (tertiary/aromatic N) is 2. The van der Waals surface area contributed by atoms with Gasteiger partial charge in [0.1, 0.15) is 11.4 Å². The Labute approximate surface area is 138 Å². The van der Waals surface area contributed by atoms with Gasteiger partial charge >= 0.3 is 0 Å². The third-order valence-corrected chi connectivity index (χ3v) is 8.64. The van der Waals surface area contributed by atoms with E-state index in [2.05, 4.69) is 24.2 Å². The van der Waals surface area contributed by atoms with Gasteiger partial charge in [0.15, 0.2) is 0 Å². The average molecular weight is 316 g/mol. The van der Waals surface area contributed by atoms with Gasteiger partial charge in [-0.3, -0.25) is 0 Å². The molecular formula is C19H28N2O2. The number of rotatable bonds is 0. The van der Waals surface area contributed by atoms with E-state index in [1.165, 1.54) is 32.1 Å². The van der Waals surface area contributed by atoms with Crippen LogP contribution in [-0.4, -0.2) is 21.5 Å². The van der Waals surface area contributed by atoms with Crippen molar-refractivity contribution in [3.63, 3.8) is 0 Å². The van der Waals surface area contributed by atoms with Gasteiger partial charge in [-0.25, -0.2) is 4.63 Å². The summed E-state index contributed by atoms with van der Waals surface area (Å²) < 4.78 is 5.02. The topological polar surface area (TPSA) is 59.2 Å². The Bertz CT molecular complexity index is 629. The summed E-state index contributed by atoms with van der Waals surface area (Å²) in [5, 5.41) is 18.9. The van der Waals surface area contributed by atoms with E-state index in [0.717, 1.165) is 54.3 Å². The van der Waals surface area contributed by atoms with Gasteiger partial charge in [-0.05, 0) is 79.4 Å². The second-order valence-corrected chi connectivity index (χ2v) is 9.33. The van der Waals surface area contributed by atoms with E-state index >= 15 is 0 Å². The lowest BCUT2D eigenvalue weighted by Gasteiger charge is -2.59. The van der Waals surface area contributed by atoms with Crippen LogP contribution >= 0.6 is 0 Å². The number of aromatic nitrogens is 2. The van der Waals surface area contributed by atoms with Crippen LogP contribution in [0.25, 0.3) is 0 Å². The van der Waals surface area contributed by atoms with Gasteiger partial charge in [-0.2, -0.15) is 0 Å². The van der Waals surface area contributed by atoms with Crippen molar-refractivity contribution in [2.24, 2.45) is 34.5 Å². The zero-order valence-electron chi connectivity index (χ0n) is 14.3. The summed E-state index contributed by atoms with van der Waals surface area (Å²) in [6.45, 7) is 4.88. The van der Waals surface area contributed by atoms with Gasteiger partial charge in [-0.1, -0.05) is 24.2 Å². The second kappa shape index (κ2) is 4.59. The predicted octanol–water partition coefficient (Wildman–Crippen LogP) is 3.39. The first-order chi connectivity index (χ1) is 11.0. The van der Waals surface area contributed by atoms with Crippen molar-refractivity contribution in [1.29, 1.82) is 0 Å². The molecule has 1 heterocycles. The number of aliphatic hydroxyl groups excluding tert-OH is 1. The van der Waals surface area contributed by atoms with Gasteiger partial charge in [0, 0.05) is 6.42 Å². The summed E-state index contributed by atoms with van der Waals surface area (Å²) >= 11 is 0. The summed E-state index contributed by atoms with van der Waals surface area (Å²) in [7, 11) is 0. The molecule has 0 saturated heterocycles. The molecule has 4 aliphatic carbocycles. The van der Waals surface area contributed by atoms with Crippen LogP contribution < -0.4 is 0 Å². The van der Waals surface area contributed by atoms with E-state index in [4.69, 9.17) is 4.63 Å². The molecule has 0 aliphatic heterocycles. The second-order valence-electron chi connectivity index (χ2n) is 9.33. The summed E-state index contributed by atoms with van der Waals surface area (Å²) in [6.07, 6.45) is 9.42. The van der Waals surface area contributed by atoms with E-state index in [0.29, 0.717) is 5.41 Å². The summed E-state index contributed by atoms with van der Waals surface area (Å²) in [5.74, 6) is 3.05. The van der Waals surface area contributed by atoms with Crippen LogP contribution in [-0.2, 0) is 12.8 Å². The fourth-order valence-corrected chi connectivity index (χ4v) is 7.23. The lowest BCUT2D eigenvalue weighted by atomic mass is 9.45. The molecule has 1 N–H and O–H groups in total. The van der Waals surface area contributed by atoms with E-state index in [9.17, 15) is 5.11 Å². The highest BCUT2D eigenvalue weighted by Crippen LogP contribution is 2.65. The van der Waals surface area contributed by atoms with Crippen molar-refractivity contribution in [2.45, 2.75) is 71.3 Å². The number of hydrogen-bond donors (Lipinski definition) is 1. The predicted molar refractivity (Wildman–Crippen MR) is 85.6 cm³/mol. The number of fused-ring (bicyclic) bond motifs is 6. The van der Waals surface area contributed by atoms with E-state index < -0.39 is 0 Å². The van der Waals surface area contributed by atoms with E-state index in [1.54, 1.807) is 0 Å². The lowest BCUT2D eigenvalue weighted by molar-refractivity contribution is -0.111. The maximum Gasteiger partial charge on any atom is 0.108 e. The molecule has 126 valence electrons. The van der Waals surface area contributed by atoms with Gasteiger partial charge in [0.25, 0.3) is 0 Å². The Morgan fingerprint density at radius 3 is 2.61 bits per heavy atom. The Balaban J connectivity index is 1.50. The Hall–Kier alpha value is -0.900. The van der Waals surface area contributed by atoms with Gasteiger partial charge in [-0.15, -0.1) is 0 Å². The van der Waals surface area contributed by atoms with Gasteiger partial charge < -0.3 is 5.11 Å². The SMILES string of the molecule is CC12CCC3C(CCC4Cc5nonc5CC43C)C1CCC2O. The number of hydrogen-bond acceptors (Lipinski definition) is 4. The molecule has 3 saturated carbocycles. The molecule has 1 aromatic heterocycles. The minimum Gasteiger partial charge on any atom is -0.393 e.